The minimum Gasteiger partial charge on any atom is -0.368 e. The van der Waals surface area contributed by atoms with Gasteiger partial charge in [0.15, 0.2) is 0 Å². The molecule has 1 saturated heterocycles. The highest BCUT2D eigenvalue weighted by Crippen LogP contribution is 2.12. The summed E-state index contributed by atoms with van der Waals surface area (Å²) in [5, 5.41) is 8.72. The molecule has 2 N–H and O–H groups in total. The average Bonchev–Trinajstić information content (AvgIpc) is 2.74. The molecule has 1 aromatic heterocycles. The van der Waals surface area contributed by atoms with Crippen molar-refractivity contribution < 1.29 is 9.53 Å². The summed E-state index contributed by atoms with van der Waals surface area (Å²) in [4.78, 5) is 15.2. The first-order chi connectivity index (χ1) is 6.36. The molecule has 0 radical (unpaired) electrons. The van der Waals surface area contributed by atoms with Crippen molar-refractivity contribution in [2.75, 3.05) is 11.9 Å². The van der Waals surface area contributed by atoms with Gasteiger partial charge in [-0.05, 0) is 12.8 Å². The van der Waals surface area contributed by atoms with Crippen LogP contribution >= 0.6 is 0 Å². The van der Waals surface area contributed by atoms with E-state index in [4.69, 9.17) is 4.74 Å². The number of H-pyrrole nitrogens is 1. The number of anilines is 1. The van der Waals surface area contributed by atoms with Crippen molar-refractivity contribution in [3.8, 4) is 0 Å². The summed E-state index contributed by atoms with van der Waals surface area (Å²) in [6.45, 7) is 0.661. The van der Waals surface area contributed by atoms with Crippen molar-refractivity contribution in [3.63, 3.8) is 0 Å². The first kappa shape index (κ1) is 8.18. The van der Waals surface area contributed by atoms with Crippen LogP contribution in [0.3, 0.4) is 0 Å². The topological polar surface area (TPSA) is 79.9 Å². The van der Waals surface area contributed by atoms with Gasteiger partial charge in [-0.25, -0.2) is 5.10 Å². The third-order valence-electron chi connectivity index (χ3n) is 1.88. The highest BCUT2D eigenvalue weighted by Gasteiger charge is 2.23. The third-order valence-corrected chi connectivity index (χ3v) is 1.88. The van der Waals surface area contributed by atoms with Crippen molar-refractivity contribution in [1.82, 2.24) is 15.2 Å². The molecule has 1 aliphatic heterocycles. The highest BCUT2D eigenvalue weighted by molar-refractivity contribution is 5.92. The summed E-state index contributed by atoms with van der Waals surface area (Å²) in [5.74, 6) is 0.203. The molecule has 1 unspecified atom stereocenters. The SMILES string of the molecule is O=C(Nc1ncn[nH]1)C1CCCO1. The Bertz CT molecular complexity index is 279. The number of hydrogen-bond donors (Lipinski definition) is 2. The lowest BCUT2D eigenvalue weighted by Gasteiger charge is -2.07. The lowest BCUT2D eigenvalue weighted by Crippen LogP contribution is -2.27. The van der Waals surface area contributed by atoms with E-state index in [1.807, 2.05) is 0 Å². The minimum atomic E-state index is -0.329. The standard InChI is InChI=1S/C7H10N4O2/c12-6(5-2-1-3-13-5)10-7-8-4-9-11-7/h4-5H,1-3H2,(H2,8,9,10,11,12). The zero-order valence-corrected chi connectivity index (χ0v) is 6.99. The number of amides is 1. The number of aromatic nitrogens is 3. The van der Waals surface area contributed by atoms with E-state index in [0.717, 1.165) is 12.8 Å². The lowest BCUT2D eigenvalue weighted by molar-refractivity contribution is -0.124. The largest absolute Gasteiger partial charge is 0.368 e. The average molecular weight is 182 g/mol. The quantitative estimate of drug-likeness (QED) is 0.670. The maximum atomic E-state index is 11.4. The second kappa shape index (κ2) is 3.53. The first-order valence-corrected chi connectivity index (χ1v) is 4.14. The lowest BCUT2D eigenvalue weighted by atomic mass is 10.2. The van der Waals surface area contributed by atoms with E-state index in [0.29, 0.717) is 12.6 Å². The fraction of sp³-hybridized carbons (Fsp3) is 0.571. The van der Waals surface area contributed by atoms with Gasteiger partial charge in [0.25, 0.3) is 5.91 Å². The van der Waals surface area contributed by atoms with Crippen molar-refractivity contribution in [3.05, 3.63) is 6.33 Å². The maximum absolute atomic E-state index is 11.4. The fourth-order valence-electron chi connectivity index (χ4n) is 1.25. The predicted octanol–water partition coefficient (Wildman–Crippen LogP) is -0.0778. The minimum absolute atomic E-state index is 0.158. The van der Waals surface area contributed by atoms with Crippen LogP contribution < -0.4 is 5.32 Å². The predicted molar refractivity (Wildman–Crippen MR) is 44.0 cm³/mol. The number of carbonyl (C=O) groups excluding carboxylic acids is 1. The van der Waals surface area contributed by atoms with Gasteiger partial charge in [0.05, 0.1) is 0 Å². The van der Waals surface area contributed by atoms with Crippen molar-refractivity contribution in [2.24, 2.45) is 0 Å². The molecular formula is C7H10N4O2. The number of ether oxygens (including phenoxy) is 1. The monoisotopic (exact) mass is 182 g/mol. The molecule has 1 aromatic rings. The molecule has 0 aliphatic carbocycles. The van der Waals surface area contributed by atoms with Gasteiger partial charge >= 0.3 is 0 Å². The number of nitrogens with one attached hydrogen (secondary N) is 2. The Balaban J connectivity index is 1.91. The Labute approximate surface area is 74.7 Å². The van der Waals surface area contributed by atoms with Crippen LogP contribution in [0.4, 0.5) is 5.95 Å². The van der Waals surface area contributed by atoms with Crippen LogP contribution in [0.15, 0.2) is 6.33 Å². The van der Waals surface area contributed by atoms with Crippen LogP contribution in [-0.2, 0) is 9.53 Å². The summed E-state index contributed by atoms with van der Waals surface area (Å²) in [6, 6.07) is 0. The first-order valence-electron chi connectivity index (χ1n) is 4.14. The summed E-state index contributed by atoms with van der Waals surface area (Å²) >= 11 is 0. The van der Waals surface area contributed by atoms with Crippen LogP contribution in [0.5, 0.6) is 0 Å². The molecule has 13 heavy (non-hydrogen) atoms. The molecular weight excluding hydrogens is 172 g/mol. The third kappa shape index (κ3) is 1.83. The summed E-state index contributed by atoms with van der Waals surface area (Å²) in [6.07, 6.45) is 2.73. The van der Waals surface area contributed by atoms with Crippen LogP contribution in [0.1, 0.15) is 12.8 Å². The molecule has 6 nitrogen and oxygen atoms in total. The van der Waals surface area contributed by atoms with E-state index in [9.17, 15) is 4.79 Å². The highest BCUT2D eigenvalue weighted by atomic mass is 16.5. The van der Waals surface area contributed by atoms with Crippen LogP contribution in [0.2, 0.25) is 0 Å². The van der Waals surface area contributed by atoms with Crippen molar-refractivity contribution in [2.45, 2.75) is 18.9 Å². The van der Waals surface area contributed by atoms with Crippen LogP contribution in [0, 0.1) is 0 Å². The van der Waals surface area contributed by atoms with Gasteiger partial charge < -0.3 is 4.74 Å². The molecule has 2 heterocycles. The maximum Gasteiger partial charge on any atom is 0.255 e. The van der Waals surface area contributed by atoms with Crippen LogP contribution in [-0.4, -0.2) is 33.8 Å². The molecule has 0 spiro atoms. The van der Waals surface area contributed by atoms with Gasteiger partial charge in [-0.3, -0.25) is 10.1 Å². The molecule has 0 aromatic carbocycles. The second-order valence-electron chi connectivity index (χ2n) is 2.82. The van der Waals surface area contributed by atoms with Gasteiger partial charge in [0.2, 0.25) is 5.95 Å². The van der Waals surface area contributed by atoms with Crippen molar-refractivity contribution >= 4 is 11.9 Å². The summed E-state index contributed by atoms with van der Waals surface area (Å²) in [7, 11) is 0. The van der Waals surface area contributed by atoms with Gasteiger partial charge in [-0.2, -0.15) is 10.1 Å². The molecule has 0 saturated carbocycles. The van der Waals surface area contributed by atoms with Crippen molar-refractivity contribution in [1.29, 1.82) is 0 Å². The summed E-state index contributed by atoms with van der Waals surface area (Å²) < 4.78 is 5.19. The molecule has 0 bridgehead atoms. The van der Waals surface area contributed by atoms with Gasteiger partial charge in [0.1, 0.15) is 12.4 Å². The number of rotatable bonds is 2. The van der Waals surface area contributed by atoms with Gasteiger partial charge in [-0.15, -0.1) is 0 Å². The van der Waals surface area contributed by atoms with E-state index in [2.05, 4.69) is 20.5 Å². The number of nitrogens with zero attached hydrogens (tertiary/aromatic N) is 2. The molecule has 70 valence electrons. The Morgan fingerprint density at radius 2 is 2.69 bits per heavy atom. The van der Waals surface area contributed by atoms with Gasteiger partial charge in [-0.1, -0.05) is 0 Å². The van der Waals surface area contributed by atoms with Gasteiger partial charge in [0, 0.05) is 6.61 Å². The molecule has 6 heteroatoms. The normalized spacial score (nSPS) is 21.7. The molecule has 1 atom stereocenters. The number of carbonyl (C=O) groups is 1. The molecule has 2 rings (SSSR count). The van der Waals surface area contributed by atoms with E-state index >= 15 is 0 Å². The Hall–Kier alpha value is -1.43. The van der Waals surface area contributed by atoms with E-state index in [-0.39, 0.29) is 12.0 Å². The Morgan fingerprint density at radius 1 is 1.77 bits per heavy atom. The molecule has 1 aliphatic rings. The second-order valence-corrected chi connectivity index (χ2v) is 2.82. The fourth-order valence-corrected chi connectivity index (χ4v) is 1.25. The van der Waals surface area contributed by atoms with E-state index in [1.165, 1.54) is 6.33 Å². The summed E-state index contributed by atoms with van der Waals surface area (Å²) in [5.41, 5.74) is 0. The van der Waals surface area contributed by atoms with E-state index < -0.39 is 0 Å². The smallest absolute Gasteiger partial charge is 0.255 e. The Morgan fingerprint density at radius 3 is 3.31 bits per heavy atom. The van der Waals surface area contributed by atoms with Crippen LogP contribution in [0.25, 0.3) is 0 Å². The zero-order chi connectivity index (χ0) is 9.10. The zero-order valence-electron chi connectivity index (χ0n) is 6.99. The number of aromatic amines is 1. The van der Waals surface area contributed by atoms with E-state index in [1.54, 1.807) is 0 Å². The molecule has 1 fully saturated rings. The molecule has 1 amide bonds. The Kier molecular flexibility index (Phi) is 2.22. The number of hydrogen-bond acceptors (Lipinski definition) is 4.